The molecule has 0 aliphatic rings. The summed E-state index contributed by atoms with van der Waals surface area (Å²) in [6, 6.07) is 4.31. The molecule has 0 bridgehead atoms. The molecule has 0 radical (unpaired) electrons. The number of nitrogens with zero attached hydrogens (tertiary/aromatic N) is 3. The fourth-order valence-corrected chi connectivity index (χ4v) is 2.33. The van der Waals surface area contributed by atoms with Gasteiger partial charge in [0.25, 0.3) is 0 Å². The summed E-state index contributed by atoms with van der Waals surface area (Å²) in [6.07, 6.45) is 0. The molecule has 1 aromatic heterocycles. The molecule has 1 heterocycles. The Morgan fingerprint density at radius 2 is 1.58 bits per heavy atom. The number of nitriles is 1. The van der Waals surface area contributed by atoms with Crippen LogP contribution in [-0.4, -0.2) is 9.78 Å². The zero-order valence-corrected chi connectivity index (χ0v) is 12.4. The van der Waals surface area contributed by atoms with E-state index in [0.29, 0.717) is 5.69 Å². The highest BCUT2D eigenvalue weighted by Crippen LogP contribution is 2.26. The van der Waals surface area contributed by atoms with Gasteiger partial charge in [-0.25, -0.2) is 4.68 Å². The highest BCUT2D eigenvalue weighted by Gasteiger charge is 2.15. The van der Waals surface area contributed by atoms with Crippen molar-refractivity contribution in [2.24, 2.45) is 0 Å². The summed E-state index contributed by atoms with van der Waals surface area (Å²) in [6.45, 7) is 12.5. The third-order valence-corrected chi connectivity index (χ3v) is 4.20. The number of rotatable bonds is 1. The maximum atomic E-state index is 9.10. The van der Waals surface area contributed by atoms with Crippen LogP contribution in [0.15, 0.2) is 6.07 Å². The van der Waals surface area contributed by atoms with Crippen molar-refractivity contribution in [1.29, 1.82) is 5.26 Å². The first-order valence-electron chi connectivity index (χ1n) is 6.42. The van der Waals surface area contributed by atoms with Gasteiger partial charge in [-0.3, -0.25) is 0 Å². The van der Waals surface area contributed by atoms with Crippen molar-refractivity contribution in [3.63, 3.8) is 0 Å². The van der Waals surface area contributed by atoms with Crippen LogP contribution in [0.3, 0.4) is 0 Å². The second-order valence-corrected chi connectivity index (χ2v) is 5.17. The van der Waals surface area contributed by atoms with E-state index < -0.39 is 0 Å². The zero-order chi connectivity index (χ0) is 14.3. The molecule has 0 saturated heterocycles. The van der Waals surface area contributed by atoms with Crippen molar-refractivity contribution < 1.29 is 0 Å². The number of hydrogen-bond acceptors (Lipinski definition) is 2. The lowest BCUT2D eigenvalue weighted by molar-refractivity contribution is 0.830. The smallest absolute Gasteiger partial charge is 0.166 e. The first-order chi connectivity index (χ1) is 8.88. The summed E-state index contributed by atoms with van der Waals surface area (Å²) in [5, 5.41) is 13.5. The minimum atomic E-state index is 0.507. The largest absolute Gasteiger partial charge is 0.236 e. The Hall–Kier alpha value is -2.08. The van der Waals surface area contributed by atoms with Crippen molar-refractivity contribution in [1.82, 2.24) is 9.78 Å². The molecule has 3 nitrogen and oxygen atoms in total. The van der Waals surface area contributed by atoms with E-state index in [0.717, 1.165) is 16.9 Å². The van der Waals surface area contributed by atoms with Crippen molar-refractivity contribution in [2.45, 2.75) is 41.5 Å². The number of aryl methyl sites for hydroxylation is 1. The molecular formula is C16H19N3. The molecule has 1 aromatic carbocycles. The molecule has 2 aromatic rings. The Kier molecular flexibility index (Phi) is 3.20. The van der Waals surface area contributed by atoms with Gasteiger partial charge in [0.15, 0.2) is 5.69 Å². The molecule has 19 heavy (non-hydrogen) atoms. The van der Waals surface area contributed by atoms with Gasteiger partial charge in [-0.15, -0.1) is 0 Å². The van der Waals surface area contributed by atoms with Crippen molar-refractivity contribution >= 4 is 0 Å². The zero-order valence-electron chi connectivity index (χ0n) is 12.4. The molecular weight excluding hydrogens is 234 g/mol. The van der Waals surface area contributed by atoms with Gasteiger partial charge in [-0.05, 0) is 69.9 Å². The summed E-state index contributed by atoms with van der Waals surface area (Å²) in [4.78, 5) is 0. The minimum absolute atomic E-state index is 0.507. The predicted molar refractivity (Wildman–Crippen MR) is 76.7 cm³/mol. The molecule has 0 spiro atoms. The van der Waals surface area contributed by atoms with E-state index in [4.69, 9.17) is 5.26 Å². The summed E-state index contributed by atoms with van der Waals surface area (Å²) in [5.74, 6) is 0. The summed E-state index contributed by atoms with van der Waals surface area (Å²) < 4.78 is 1.89. The second kappa shape index (κ2) is 4.55. The van der Waals surface area contributed by atoms with Gasteiger partial charge >= 0.3 is 0 Å². The lowest BCUT2D eigenvalue weighted by atomic mass is 9.98. The van der Waals surface area contributed by atoms with E-state index in [9.17, 15) is 0 Å². The molecule has 0 aliphatic heterocycles. The van der Waals surface area contributed by atoms with Crippen LogP contribution in [0.1, 0.15) is 39.2 Å². The number of aromatic nitrogens is 2. The second-order valence-electron chi connectivity index (χ2n) is 5.17. The molecule has 3 heteroatoms. The third-order valence-electron chi connectivity index (χ3n) is 4.20. The summed E-state index contributed by atoms with van der Waals surface area (Å²) in [7, 11) is 0. The van der Waals surface area contributed by atoms with Gasteiger partial charge in [0, 0.05) is 11.3 Å². The van der Waals surface area contributed by atoms with Crippen molar-refractivity contribution in [3.8, 4) is 11.8 Å². The van der Waals surface area contributed by atoms with Gasteiger partial charge in [-0.1, -0.05) is 0 Å². The predicted octanol–water partition coefficient (Wildman–Crippen LogP) is 3.59. The highest BCUT2D eigenvalue weighted by molar-refractivity contribution is 5.53. The maximum Gasteiger partial charge on any atom is 0.166 e. The first kappa shape index (κ1) is 13.4. The average Bonchev–Trinajstić information content (AvgIpc) is 2.68. The minimum Gasteiger partial charge on any atom is -0.236 e. The molecule has 0 saturated carbocycles. The average molecular weight is 253 g/mol. The van der Waals surface area contributed by atoms with Crippen LogP contribution in [0.5, 0.6) is 0 Å². The van der Waals surface area contributed by atoms with Gasteiger partial charge in [0.05, 0.1) is 5.69 Å². The van der Waals surface area contributed by atoms with Gasteiger partial charge in [-0.2, -0.15) is 10.4 Å². The van der Waals surface area contributed by atoms with Crippen LogP contribution in [-0.2, 0) is 0 Å². The Labute approximate surface area is 114 Å². The van der Waals surface area contributed by atoms with Crippen molar-refractivity contribution in [2.75, 3.05) is 0 Å². The van der Waals surface area contributed by atoms with Gasteiger partial charge in [0.2, 0.25) is 0 Å². The van der Waals surface area contributed by atoms with Crippen LogP contribution < -0.4 is 0 Å². The molecule has 0 unspecified atom stereocenters. The number of hydrogen-bond donors (Lipinski definition) is 0. The van der Waals surface area contributed by atoms with Crippen LogP contribution >= 0.6 is 0 Å². The van der Waals surface area contributed by atoms with E-state index in [1.165, 1.54) is 22.3 Å². The summed E-state index contributed by atoms with van der Waals surface area (Å²) >= 11 is 0. The fourth-order valence-electron chi connectivity index (χ4n) is 2.33. The Balaban J connectivity index is 2.77. The summed E-state index contributed by atoms with van der Waals surface area (Å²) in [5.41, 5.74) is 8.65. The normalized spacial score (nSPS) is 10.6. The van der Waals surface area contributed by atoms with Gasteiger partial charge < -0.3 is 0 Å². The highest BCUT2D eigenvalue weighted by atomic mass is 15.3. The number of benzene rings is 1. The standard InChI is InChI=1S/C16H19N3/c1-9-7-16(12(4)11(3)10(9)2)19-14(6)13(5)15(8-17)18-19/h7H,1-6H3. The quantitative estimate of drug-likeness (QED) is 0.779. The molecule has 0 amide bonds. The van der Waals surface area contributed by atoms with Crippen molar-refractivity contribution in [3.05, 3.63) is 45.3 Å². The van der Waals surface area contributed by atoms with Crippen LogP contribution in [0.2, 0.25) is 0 Å². The maximum absolute atomic E-state index is 9.10. The van der Waals surface area contributed by atoms with Gasteiger partial charge in [0.1, 0.15) is 6.07 Å². The first-order valence-corrected chi connectivity index (χ1v) is 6.42. The fraction of sp³-hybridized carbons (Fsp3) is 0.375. The molecule has 0 atom stereocenters. The van der Waals surface area contributed by atoms with E-state index in [2.05, 4.69) is 44.9 Å². The van der Waals surface area contributed by atoms with E-state index >= 15 is 0 Å². The molecule has 2 rings (SSSR count). The van der Waals surface area contributed by atoms with E-state index in [1.807, 2.05) is 18.5 Å². The lowest BCUT2D eigenvalue weighted by Crippen LogP contribution is -2.05. The molecule has 0 fully saturated rings. The third kappa shape index (κ3) is 1.94. The molecule has 0 N–H and O–H groups in total. The Morgan fingerprint density at radius 3 is 2.11 bits per heavy atom. The SMILES string of the molecule is Cc1cc(-n2nc(C#N)c(C)c2C)c(C)c(C)c1C. The van der Waals surface area contributed by atoms with E-state index in [1.54, 1.807) is 0 Å². The molecule has 98 valence electrons. The van der Waals surface area contributed by atoms with E-state index in [-0.39, 0.29) is 0 Å². The Morgan fingerprint density at radius 1 is 0.947 bits per heavy atom. The van der Waals surface area contributed by atoms with Crippen LogP contribution in [0.4, 0.5) is 0 Å². The van der Waals surface area contributed by atoms with Crippen LogP contribution in [0, 0.1) is 52.9 Å². The van der Waals surface area contributed by atoms with Crippen LogP contribution in [0.25, 0.3) is 5.69 Å². The lowest BCUT2D eigenvalue weighted by Gasteiger charge is -2.15. The Bertz CT molecular complexity index is 700. The monoisotopic (exact) mass is 253 g/mol. The molecule has 0 aliphatic carbocycles. The topological polar surface area (TPSA) is 41.6 Å².